The molecule has 0 aliphatic carbocycles. The van der Waals surface area contributed by atoms with Crippen molar-refractivity contribution in [1.82, 2.24) is 10.2 Å². The summed E-state index contributed by atoms with van der Waals surface area (Å²) in [6, 6.07) is 5.19. The predicted molar refractivity (Wildman–Crippen MR) is 151 cm³/mol. The number of halogens is 8. The minimum Gasteiger partial charge on any atom is -0.340 e. The molecule has 1 N–H and O–H groups in total. The SMILES string of the molecule is CC(C)NCC1(C(=O)N2CCC(c3ccc(C(F)(C(F)(F)F)C(F)(F)F)cc3)(S(=O)(=O)c3ccc(F)cc3)C2)CCS(=O)(=O)CC1. The van der Waals surface area contributed by atoms with E-state index in [1.807, 2.05) is 0 Å². The summed E-state index contributed by atoms with van der Waals surface area (Å²) in [5.41, 5.74) is -9.14. The Morgan fingerprint density at radius 2 is 1.41 bits per heavy atom. The lowest BCUT2D eigenvalue weighted by Crippen LogP contribution is -2.54. The average molecular weight is 705 g/mol. The van der Waals surface area contributed by atoms with Gasteiger partial charge in [0.05, 0.1) is 21.8 Å². The van der Waals surface area contributed by atoms with Crippen molar-refractivity contribution in [2.75, 3.05) is 31.1 Å². The minimum absolute atomic E-state index is 0.0649. The van der Waals surface area contributed by atoms with Gasteiger partial charge >= 0.3 is 18.0 Å². The molecule has 7 nitrogen and oxygen atoms in total. The molecule has 17 heteroatoms. The number of carbonyl (C=O) groups excluding carboxylic acids is 1. The molecule has 0 saturated carbocycles. The van der Waals surface area contributed by atoms with Crippen LogP contribution in [0, 0.1) is 11.2 Å². The van der Waals surface area contributed by atoms with E-state index in [2.05, 4.69) is 5.32 Å². The van der Waals surface area contributed by atoms with Gasteiger partial charge in [-0.1, -0.05) is 38.1 Å². The lowest BCUT2D eigenvalue weighted by Gasteiger charge is -2.40. The molecule has 0 bridgehead atoms. The largest absolute Gasteiger partial charge is 0.435 e. The van der Waals surface area contributed by atoms with E-state index in [1.54, 1.807) is 13.8 Å². The Labute approximate surface area is 261 Å². The maximum absolute atomic E-state index is 14.8. The van der Waals surface area contributed by atoms with E-state index in [1.165, 1.54) is 4.90 Å². The van der Waals surface area contributed by atoms with Crippen LogP contribution in [0.1, 0.15) is 44.2 Å². The van der Waals surface area contributed by atoms with Gasteiger partial charge in [0.2, 0.25) is 5.91 Å². The van der Waals surface area contributed by atoms with Crippen LogP contribution >= 0.6 is 0 Å². The van der Waals surface area contributed by atoms with E-state index in [-0.39, 0.29) is 67.6 Å². The molecule has 4 rings (SSSR count). The lowest BCUT2D eigenvalue weighted by molar-refractivity contribution is -0.348. The monoisotopic (exact) mass is 704 g/mol. The van der Waals surface area contributed by atoms with Gasteiger partial charge in [-0.05, 0) is 49.1 Å². The summed E-state index contributed by atoms with van der Waals surface area (Å²) >= 11 is 0. The van der Waals surface area contributed by atoms with Gasteiger partial charge in [-0.3, -0.25) is 4.79 Å². The third-order valence-electron chi connectivity index (χ3n) is 8.83. The number of likely N-dealkylation sites (tertiary alicyclic amines) is 1. The number of amides is 1. The number of carbonyl (C=O) groups is 1. The van der Waals surface area contributed by atoms with Gasteiger partial charge in [0.1, 0.15) is 20.4 Å². The van der Waals surface area contributed by atoms with Crippen LogP contribution in [-0.2, 0) is 34.9 Å². The zero-order valence-electron chi connectivity index (χ0n) is 24.7. The molecule has 1 amide bonds. The smallest absolute Gasteiger partial charge is 0.340 e. The summed E-state index contributed by atoms with van der Waals surface area (Å²) in [7, 11) is -8.08. The minimum atomic E-state index is -6.40. The molecule has 2 heterocycles. The highest BCUT2D eigenvalue weighted by molar-refractivity contribution is 7.92. The summed E-state index contributed by atoms with van der Waals surface area (Å²) in [6.45, 7) is 2.84. The average Bonchev–Trinajstić information content (AvgIpc) is 3.42. The van der Waals surface area contributed by atoms with Crippen molar-refractivity contribution in [3.63, 3.8) is 0 Å². The quantitative estimate of drug-likeness (QED) is 0.300. The van der Waals surface area contributed by atoms with Crippen LogP contribution in [0.15, 0.2) is 53.4 Å². The predicted octanol–water partition coefficient (Wildman–Crippen LogP) is 5.21. The molecule has 0 spiro atoms. The van der Waals surface area contributed by atoms with Crippen LogP contribution in [0.3, 0.4) is 0 Å². The van der Waals surface area contributed by atoms with Gasteiger partial charge in [0, 0.05) is 31.2 Å². The summed E-state index contributed by atoms with van der Waals surface area (Å²) in [5, 5.41) is 3.13. The van der Waals surface area contributed by atoms with Crippen LogP contribution in [0.4, 0.5) is 35.1 Å². The van der Waals surface area contributed by atoms with E-state index in [4.69, 9.17) is 0 Å². The normalized spacial score (nSPS) is 22.3. The fourth-order valence-corrected chi connectivity index (χ4v) is 9.71. The number of hydrogen-bond donors (Lipinski definition) is 1. The highest BCUT2D eigenvalue weighted by Crippen LogP contribution is 2.54. The lowest BCUT2D eigenvalue weighted by atomic mass is 9.80. The highest BCUT2D eigenvalue weighted by atomic mass is 32.2. The van der Waals surface area contributed by atoms with E-state index in [0.717, 1.165) is 24.3 Å². The van der Waals surface area contributed by atoms with Crippen LogP contribution in [0.25, 0.3) is 0 Å². The Hall–Kier alpha value is -2.79. The molecule has 0 radical (unpaired) electrons. The zero-order chi connectivity index (χ0) is 34.6. The molecule has 2 fully saturated rings. The van der Waals surface area contributed by atoms with Crippen molar-refractivity contribution in [1.29, 1.82) is 0 Å². The first-order chi connectivity index (χ1) is 21.0. The van der Waals surface area contributed by atoms with Crippen molar-refractivity contribution in [3.05, 3.63) is 65.5 Å². The van der Waals surface area contributed by atoms with Gasteiger partial charge in [-0.15, -0.1) is 0 Å². The standard InChI is InChI=1S/C29H32F8N2O5S2/c1-19(2)38-17-25(12-15-45(41,42)16-13-25)24(40)39-14-11-26(18-39,46(43,44)23-9-7-22(30)8-10-23)20-3-5-21(6-4-20)27(31,28(32,33)34)29(35,36)37/h3-10,19,38H,11-18H2,1-2H3. The van der Waals surface area contributed by atoms with Gasteiger partial charge in [0.25, 0.3) is 0 Å². The third-order valence-corrected chi connectivity index (χ3v) is 13.0. The summed E-state index contributed by atoms with van der Waals surface area (Å²) in [4.78, 5) is 14.9. The van der Waals surface area contributed by atoms with Gasteiger partial charge in [-0.2, -0.15) is 26.3 Å². The number of sulfone groups is 2. The fraction of sp³-hybridized carbons (Fsp3) is 0.552. The highest BCUT2D eigenvalue weighted by Gasteiger charge is 2.73. The van der Waals surface area contributed by atoms with Crippen molar-refractivity contribution in [3.8, 4) is 0 Å². The summed E-state index contributed by atoms with van der Waals surface area (Å²) < 4.78 is 160. The van der Waals surface area contributed by atoms with Crippen LogP contribution < -0.4 is 5.32 Å². The van der Waals surface area contributed by atoms with Crippen LogP contribution in [0.2, 0.25) is 0 Å². The van der Waals surface area contributed by atoms with Crippen LogP contribution in [0.5, 0.6) is 0 Å². The van der Waals surface area contributed by atoms with Crippen molar-refractivity contribution >= 4 is 25.6 Å². The Kier molecular flexibility index (Phi) is 9.42. The molecule has 2 aliphatic rings. The van der Waals surface area contributed by atoms with Crippen molar-refractivity contribution in [2.45, 2.75) is 66.8 Å². The van der Waals surface area contributed by atoms with Crippen molar-refractivity contribution < 1.29 is 56.8 Å². The van der Waals surface area contributed by atoms with Crippen LogP contribution in [-0.4, -0.2) is 77.2 Å². The first-order valence-electron chi connectivity index (χ1n) is 14.2. The maximum Gasteiger partial charge on any atom is 0.435 e. The second kappa shape index (κ2) is 12.0. The number of rotatable bonds is 8. The second-order valence-corrected chi connectivity index (χ2v) is 16.7. The molecule has 46 heavy (non-hydrogen) atoms. The molecule has 1 atom stereocenters. The molecule has 2 aromatic rings. The van der Waals surface area contributed by atoms with E-state index >= 15 is 0 Å². The van der Waals surface area contributed by atoms with E-state index < -0.39 is 76.6 Å². The zero-order valence-corrected chi connectivity index (χ0v) is 26.3. The maximum atomic E-state index is 14.8. The Bertz CT molecular complexity index is 1630. The molecule has 2 aromatic carbocycles. The van der Waals surface area contributed by atoms with Gasteiger partial charge in [0.15, 0.2) is 9.84 Å². The molecular weight excluding hydrogens is 672 g/mol. The first kappa shape index (κ1) is 36.1. The Balaban J connectivity index is 1.82. The van der Waals surface area contributed by atoms with Gasteiger partial charge in [-0.25, -0.2) is 25.6 Å². The van der Waals surface area contributed by atoms with E-state index in [9.17, 15) is 56.8 Å². The number of alkyl halides is 7. The number of benzene rings is 2. The van der Waals surface area contributed by atoms with Crippen molar-refractivity contribution in [2.24, 2.45) is 5.41 Å². The van der Waals surface area contributed by atoms with Gasteiger partial charge < -0.3 is 10.2 Å². The Morgan fingerprint density at radius 3 is 1.89 bits per heavy atom. The molecule has 2 saturated heterocycles. The summed E-state index contributed by atoms with van der Waals surface area (Å²) in [5.74, 6) is -1.95. The topological polar surface area (TPSA) is 101 Å². The first-order valence-corrected chi connectivity index (χ1v) is 17.5. The van der Waals surface area contributed by atoms with E-state index in [0.29, 0.717) is 12.1 Å². The third kappa shape index (κ3) is 6.25. The number of nitrogens with one attached hydrogen (secondary N) is 1. The number of hydrogen-bond acceptors (Lipinski definition) is 6. The molecule has 0 aromatic heterocycles. The molecule has 1 unspecified atom stereocenters. The fourth-order valence-electron chi connectivity index (χ4n) is 6.03. The molecule has 2 aliphatic heterocycles. The summed E-state index contributed by atoms with van der Waals surface area (Å²) in [6.07, 6.45) is -13.3. The number of nitrogens with zero attached hydrogens (tertiary/aromatic N) is 1. The molecular formula is C29H32F8N2O5S2. The second-order valence-electron chi connectivity index (χ2n) is 12.1. The Morgan fingerprint density at radius 1 is 0.891 bits per heavy atom. The molecule has 256 valence electrons.